The Hall–Kier alpha value is -2.24. The predicted octanol–water partition coefficient (Wildman–Crippen LogP) is 1.56. The first-order chi connectivity index (χ1) is 9.25. The van der Waals surface area contributed by atoms with Crippen molar-refractivity contribution in [2.75, 3.05) is 0 Å². The average molecular weight is 258 g/mol. The Morgan fingerprint density at radius 2 is 2.16 bits per heavy atom. The Labute approximate surface area is 110 Å². The molecule has 0 atom stereocenters. The molecule has 1 heterocycles. The van der Waals surface area contributed by atoms with Gasteiger partial charge in [-0.15, -0.1) is 5.10 Å². The quantitative estimate of drug-likeness (QED) is 0.880. The maximum atomic E-state index is 10.7. The van der Waals surface area contributed by atoms with Gasteiger partial charge in [0.2, 0.25) is 0 Å². The molecule has 0 aliphatic heterocycles. The van der Waals surface area contributed by atoms with Gasteiger partial charge in [-0.05, 0) is 41.3 Å². The van der Waals surface area contributed by atoms with Gasteiger partial charge < -0.3 is 5.11 Å². The van der Waals surface area contributed by atoms with Crippen LogP contribution in [0.25, 0.3) is 5.69 Å². The molecular formula is C13H14N4O2. The van der Waals surface area contributed by atoms with E-state index in [0.717, 1.165) is 29.9 Å². The van der Waals surface area contributed by atoms with Gasteiger partial charge >= 0.3 is 5.97 Å². The van der Waals surface area contributed by atoms with Crippen LogP contribution in [0.5, 0.6) is 0 Å². The van der Waals surface area contributed by atoms with Gasteiger partial charge in [0.05, 0.1) is 5.69 Å². The van der Waals surface area contributed by atoms with Crippen LogP contribution >= 0.6 is 0 Å². The van der Waals surface area contributed by atoms with Gasteiger partial charge in [-0.3, -0.25) is 4.79 Å². The number of para-hydroxylation sites is 1. The van der Waals surface area contributed by atoms with Crippen molar-refractivity contribution >= 4 is 5.97 Å². The van der Waals surface area contributed by atoms with Crippen molar-refractivity contribution in [3.8, 4) is 5.69 Å². The Balaban J connectivity index is 1.94. The van der Waals surface area contributed by atoms with Crippen molar-refractivity contribution in [1.82, 2.24) is 20.2 Å². The van der Waals surface area contributed by atoms with Crippen molar-refractivity contribution in [1.29, 1.82) is 0 Å². The van der Waals surface area contributed by atoms with E-state index in [1.807, 2.05) is 24.3 Å². The highest BCUT2D eigenvalue weighted by atomic mass is 16.4. The van der Waals surface area contributed by atoms with E-state index in [9.17, 15) is 4.79 Å². The molecule has 0 saturated heterocycles. The molecule has 2 aromatic rings. The van der Waals surface area contributed by atoms with Gasteiger partial charge in [-0.2, -0.15) is 4.68 Å². The van der Waals surface area contributed by atoms with Crippen LogP contribution in [0.1, 0.15) is 36.6 Å². The molecule has 0 spiro atoms. The number of aromatic nitrogens is 4. The van der Waals surface area contributed by atoms with E-state index in [2.05, 4.69) is 15.5 Å². The van der Waals surface area contributed by atoms with Crippen molar-refractivity contribution in [3.05, 3.63) is 35.7 Å². The number of hydrogen-bond donors (Lipinski definition) is 1. The number of rotatable bonds is 5. The maximum absolute atomic E-state index is 10.7. The summed E-state index contributed by atoms with van der Waals surface area (Å²) < 4.78 is 1.74. The summed E-state index contributed by atoms with van der Waals surface area (Å²) in [7, 11) is 0. The van der Waals surface area contributed by atoms with E-state index in [4.69, 9.17) is 5.11 Å². The third kappa shape index (κ3) is 2.47. The van der Waals surface area contributed by atoms with Crippen LogP contribution in [0, 0.1) is 0 Å². The van der Waals surface area contributed by atoms with Crippen LogP contribution in [0.4, 0.5) is 0 Å². The van der Waals surface area contributed by atoms with E-state index in [1.54, 1.807) is 4.68 Å². The third-order valence-electron chi connectivity index (χ3n) is 3.26. The molecule has 1 aliphatic rings. The molecule has 6 heteroatoms. The number of carboxylic acids is 1. The van der Waals surface area contributed by atoms with E-state index in [-0.39, 0.29) is 6.42 Å². The molecule has 0 radical (unpaired) electrons. The molecule has 3 rings (SSSR count). The highest BCUT2D eigenvalue weighted by Gasteiger charge is 2.30. The fourth-order valence-electron chi connectivity index (χ4n) is 2.13. The topological polar surface area (TPSA) is 80.9 Å². The van der Waals surface area contributed by atoms with E-state index in [0.29, 0.717) is 12.3 Å². The first kappa shape index (κ1) is 11.8. The molecule has 1 aliphatic carbocycles. The van der Waals surface area contributed by atoms with E-state index >= 15 is 0 Å². The Morgan fingerprint density at radius 3 is 2.89 bits per heavy atom. The summed E-state index contributed by atoms with van der Waals surface area (Å²) >= 11 is 0. The lowest BCUT2D eigenvalue weighted by Crippen LogP contribution is -2.07. The highest BCUT2D eigenvalue weighted by Crippen LogP contribution is 2.39. The summed E-state index contributed by atoms with van der Waals surface area (Å²) in [5.74, 6) is 0.527. The summed E-state index contributed by atoms with van der Waals surface area (Å²) in [4.78, 5) is 10.7. The fraction of sp³-hybridized carbons (Fsp3) is 0.385. The standard InChI is InChI=1S/C13H14N4O2/c18-12(19)8-7-9-3-1-2-4-11(9)17-13(10-5-6-10)14-15-16-17/h1-4,10H,5-8H2,(H,18,19). The minimum Gasteiger partial charge on any atom is -0.481 e. The van der Waals surface area contributed by atoms with Crippen molar-refractivity contribution < 1.29 is 9.90 Å². The summed E-state index contributed by atoms with van der Waals surface area (Å²) in [5.41, 5.74) is 1.84. The molecule has 1 saturated carbocycles. The Bertz CT molecular complexity index is 604. The first-order valence-corrected chi connectivity index (χ1v) is 6.34. The van der Waals surface area contributed by atoms with Gasteiger partial charge in [-0.25, -0.2) is 0 Å². The number of nitrogens with zero attached hydrogens (tertiary/aromatic N) is 4. The molecule has 19 heavy (non-hydrogen) atoms. The van der Waals surface area contributed by atoms with Gasteiger partial charge in [0.1, 0.15) is 0 Å². The van der Waals surface area contributed by atoms with Crippen molar-refractivity contribution in [3.63, 3.8) is 0 Å². The average Bonchev–Trinajstić information content (AvgIpc) is 3.14. The van der Waals surface area contributed by atoms with Gasteiger partial charge in [0.15, 0.2) is 5.82 Å². The number of carboxylic acid groups (broad SMARTS) is 1. The van der Waals surface area contributed by atoms with Crippen molar-refractivity contribution in [2.45, 2.75) is 31.6 Å². The molecule has 6 nitrogen and oxygen atoms in total. The smallest absolute Gasteiger partial charge is 0.303 e. The fourth-order valence-corrected chi connectivity index (χ4v) is 2.13. The number of hydrogen-bond acceptors (Lipinski definition) is 4. The Morgan fingerprint density at radius 1 is 1.37 bits per heavy atom. The molecule has 0 unspecified atom stereocenters. The zero-order valence-electron chi connectivity index (χ0n) is 10.4. The molecular weight excluding hydrogens is 244 g/mol. The molecule has 1 fully saturated rings. The molecule has 0 amide bonds. The van der Waals surface area contributed by atoms with Crippen LogP contribution in [0.3, 0.4) is 0 Å². The second kappa shape index (κ2) is 4.79. The first-order valence-electron chi connectivity index (χ1n) is 6.34. The summed E-state index contributed by atoms with van der Waals surface area (Å²) in [6.07, 6.45) is 2.84. The second-order valence-corrected chi connectivity index (χ2v) is 4.75. The molecule has 0 bridgehead atoms. The number of aliphatic carboxylic acids is 1. The largest absolute Gasteiger partial charge is 0.481 e. The third-order valence-corrected chi connectivity index (χ3v) is 3.26. The second-order valence-electron chi connectivity index (χ2n) is 4.75. The number of aryl methyl sites for hydroxylation is 1. The molecule has 98 valence electrons. The monoisotopic (exact) mass is 258 g/mol. The number of tetrazole rings is 1. The number of carbonyl (C=O) groups is 1. The summed E-state index contributed by atoms with van der Waals surface area (Å²) in [5, 5.41) is 20.7. The SMILES string of the molecule is O=C(O)CCc1ccccc1-n1nnnc1C1CC1. The Kier molecular flexibility index (Phi) is 2.98. The molecule has 1 aromatic carbocycles. The summed E-state index contributed by atoms with van der Waals surface area (Å²) in [6, 6.07) is 7.68. The molecule has 1 N–H and O–H groups in total. The zero-order valence-corrected chi connectivity index (χ0v) is 10.4. The highest BCUT2D eigenvalue weighted by molar-refractivity contribution is 5.67. The van der Waals surface area contributed by atoms with Crippen LogP contribution < -0.4 is 0 Å². The van der Waals surface area contributed by atoms with Crippen LogP contribution in [0.2, 0.25) is 0 Å². The lowest BCUT2D eigenvalue weighted by Gasteiger charge is -2.09. The van der Waals surface area contributed by atoms with Crippen LogP contribution in [-0.4, -0.2) is 31.3 Å². The lowest BCUT2D eigenvalue weighted by atomic mass is 10.1. The summed E-state index contributed by atoms with van der Waals surface area (Å²) in [6.45, 7) is 0. The van der Waals surface area contributed by atoms with Gasteiger partial charge in [-0.1, -0.05) is 18.2 Å². The number of benzene rings is 1. The lowest BCUT2D eigenvalue weighted by molar-refractivity contribution is -0.136. The minimum atomic E-state index is -0.797. The normalized spacial score (nSPS) is 14.5. The maximum Gasteiger partial charge on any atom is 0.303 e. The van der Waals surface area contributed by atoms with Gasteiger partial charge in [0, 0.05) is 12.3 Å². The van der Waals surface area contributed by atoms with E-state index < -0.39 is 5.97 Å². The van der Waals surface area contributed by atoms with E-state index in [1.165, 1.54) is 0 Å². The molecule has 1 aromatic heterocycles. The van der Waals surface area contributed by atoms with Gasteiger partial charge in [0.25, 0.3) is 0 Å². The van der Waals surface area contributed by atoms with Crippen LogP contribution in [-0.2, 0) is 11.2 Å². The zero-order chi connectivity index (χ0) is 13.2. The predicted molar refractivity (Wildman–Crippen MR) is 67.1 cm³/mol. The van der Waals surface area contributed by atoms with Crippen molar-refractivity contribution in [2.24, 2.45) is 0 Å². The van der Waals surface area contributed by atoms with Crippen LogP contribution in [0.15, 0.2) is 24.3 Å². The minimum absolute atomic E-state index is 0.109.